The van der Waals surface area contributed by atoms with E-state index in [1.54, 1.807) is 30.4 Å². The zero-order valence-electron chi connectivity index (χ0n) is 18.4. The largest absolute Gasteiger partial charge is 1.00 e. The molecule has 6 atom stereocenters. The first-order valence-corrected chi connectivity index (χ1v) is 12.8. The molecule has 1 aromatic rings. The molecule has 0 aromatic heterocycles. The maximum absolute atomic E-state index is 13.7. The summed E-state index contributed by atoms with van der Waals surface area (Å²) in [4.78, 5) is 11.2. The van der Waals surface area contributed by atoms with Gasteiger partial charge in [-0.25, -0.2) is 4.39 Å². The van der Waals surface area contributed by atoms with Gasteiger partial charge in [-0.3, -0.25) is 0 Å². The molecule has 31 heavy (non-hydrogen) atoms. The Morgan fingerprint density at radius 1 is 1.26 bits per heavy atom. The summed E-state index contributed by atoms with van der Waals surface area (Å²) in [7, 11) is -3.22. The molecule has 6 unspecified atom stereocenters. The average Bonchev–Trinajstić information content (AvgIpc) is 2.94. The van der Waals surface area contributed by atoms with Crippen LogP contribution >= 0.6 is 7.37 Å². The molecule has 3 N–H and O–H groups in total. The van der Waals surface area contributed by atoms with Gasteiger partial charge in [-0.15, -0.1) is 0 Å². The summed E-state index contributed by atoms with van der Waals surface area (Å²) < 4.78 is 24.8. The first-order valence-electron chi connectivity index (χ1n) is 10.6. The van der Waals surface area contributed by atoms with Gasteiger partial charge in [0.15, 0.2) is 0 Å². The summed E-state index contributed by atoms with van der Waals surface area (Å²) >= 11 is 0. The standard InChI is InChI=1S/C23H34FO5P.Na/c1-30(28,29)15-7-3-2-4-9-19-20(23(27)16-22(19)26)14-13-18(25)12-11-17-8-5-6-10-21(17)24;/h2,4-6,8,10,13-14,18-20,22-23,25-27H,3,7,9,11-12,15-16H2,1H3,(H,28,29);/q;+1/p-1/b4-2-,14-13+;. The Labute approximate surface area is 206 Å². The van der Waals surface area contributed by atoms with E-state index in [-0.39, 0.29) is 59.8 Å². The molecule has 1 aliphatic carbocycles. The Morgan fingerprint density at radius 3 is 2.65 bits per heavy atom. The molecule has 1 aliphatic rings. The van der Waals surface area contributed by atoms with Crippen LogP contribution in [-0.2, 0) is 11.0 Å². The molecule has 0 amide bonds. The number of halogens is 1. The summed E-state index contributed by atoms with van der Waals surface area (Å²) in [6.45, 7) is 1.24. The quantitative estimate of drug-likeness (QED) is 0.187. The fourth-order valence-electron chi connectivity index (χ4n) is 3.93. The van der Waals surface area contributed by atoms with Crippen molar-refractivity contribution < 1.29 is 58.7 Å². The Hall–Kier alpha value is -0.300. The molecule has 0 bridgehead atoms. The van der Waals surface area contributed by atoms with Crippen LogP contribution in [-0.4, -0.2) is 46.5 Å². The number of allylic oxidation sites excluding steroid dienone is 2. The third-order valence-electron chi connectivity index (χ3n) is 5.65. The Balaban J connectivity index is 0.00000480. The predicted octanol–water partition coefficient (Wildman–Crippen LogP) is 0.0320. The van der Waals surface area contributed by atoms with E-state index in [9.17, 15) is 29.2 Å². The van der Waals surface area contributed by atoms with Crippen molar-refractivity contribution >= 4 is 7.37 Å². The van der Waals surface area contributed by atoms with Crippen molar-refractivity contribution in [2.24, 2.45) is 11.8 Å². The van der Waals surface area contributed by atoms with Crippen LogP contribution in [0.3, 0.4) is 0 Å². The normalized spacial score (nSPS) is 26.8. The molecule has 1 saturated carbocycles. The first kappa shape index (κ1) is 28.7. The molecule has 1 fully saturated rings. The van der Waals surface area contributed by atoms with Crippen LogP contribution in [0.1, 0.15) is 37.7 Å². The van der Waals surface area contributed by atoms with E-state index in [1.165, 1.54) is 12.7 Å². The third kappa shape index (κ3) is 10.4. The fraction of sp³-hybridized carbons (Fsp3) is 0.565. The molecular weight excluding hydrogens is 429 g/mol. The summed E-state index contributed by atoms with van der Waals surface area (Å²) in [5, 5.41) is 30.8. The van der Waals surface area contributed by atoms with Gasteiger partial charge in [0.05, 0.1) is 18.3 Å². The number of aliphatic hydroxyl groups excluding tert-OH is 3. The number of unbranched alkanes of at least 4 members (excludes halogenated alkanes) is 1. The SMILES string of the molecule is CP(=O)([O-])CCC/C=C\CC1C(O)CC(O)C1/C=C/C(O)CCc1ccccc1F.[Na+]. The van der Waals surface area contributed by atoms with Crippen LogP contribution in [0.15, 0.2) is 48.6 Å². The summed E-state index contributed by atoms with van der Waals surface area (Å²) in [5.41, 5.74) is 0.556. The number of aliphatic hydroxyl groups is 3. The van der Waals surface area contributed by atoms with Crippen molar-refractivity contribution in [2.75, 3.05) is 12.8 Å². The summed E-state index contributed by atoms with van der Waals surface area (Å²) in [6, 6.07) is 6.48. The Kier molecular flexibility index (Phi) is 13.0. The third-order valence-corrected chi connectivity index (χ3v) is 6.78. The second-order valence-electron chi connectivity index (χ2n) is 8.28. The number of rotatable bonds is 11. The molecule has 0 saturated heterocycles. The molecule has 1 aromatic carbocycles. The van der Waals surface area contributed by atoms with Crippen LogP contribution in [0.4, 0.5) is 4.39 Å². The van der Waals surface area contributed by atoms with Gasteiger partial charge in [0.25, 0.3) is 0 Å². The monoisotopic (exact) mass is 462 g/mol. The second-order valence-corrected chi connectivity index (χ2v) is 10.8. The van der Waals surface area contributed by atoms with Crippen LogP contribution in [0.5, 0.6) is 0 Å². The van der Waals surface area contributed by atoms with E-state index in [2.05, 4.69) is 0 Å². The Morgan fingerprint density at radius 2 is 1.97 bits per heavy atom. The van der Waals surface area contributed by atoms with E-state index >= 15 is 0 Å². The molecule has 0 aliphatic heterocycles. The first-order chi connectivity index (χ1) is 14.2. The van der Waals surface area contributed by atoms with Gasteiger partial charge in [-0.1, -0.05) is 42.5 Å². The van der Waals surface area contributed by atoms with Gasteiger partial charge in [0, 0.05) is 19.7 Å². The number of hydrogen-bond donors (Lipinski definition) is 3. The second kappa shape index (κ2) is 14.1. The van der Waals surface area contributed by atoms with Gasteiger partial charge in [0.2, 0.25) is 0 Å². The zero-order valence-corrected chi connectivity index (χ0v) is 21.3. The molecule has 0 heterocycles. The number of hydrogen-bond acceptors (Lipinski definition) is 5. The fourth-order valence-corrected chi connectivity index (χ4v) is 4.69. The van der Waals surface area contributed by atoms with E-state index in [0.29, 0.717) is 37.7 Å². The number of aryl methyl sites for hydroxylation is 1. The van der Waals surface area contributed by atoms with Crippen LogP contribution in [0.2, 0.25) is 0 Å². The molecule has 168 valence electrons. The van der Waals surface area contributed by atoms with Crippen molar-refractivity contribution in [2.45, 2.75) is 56.8 Å². The average molecular weight is 462 g/mol. The minimum atomic E-state index is -3.22. The molecule has 8 heteroatoms. The van der Waals surface area contributed by atoms with Crippen LogP contribution in [0.25, 0.3) is 0 Å². The molecule has 5 nitrogen and oxygen atoms in total. The topological polar surface area (TPSA) is 101 Å². The molecule has 0 radical (unpaired) electrons. The van der Waals surface area contributed by atoms with Gasteiger partial charge in [-0.2, -0.15) is 0 Å². The maximum atomic E-state index is 13.7. The smallest absolute Gasteiger partial charge is 0.799 e. The van der Waals surface area contributed by atoms with Gasteiger partial charge >= 0.3 is 29.6 Å². The van der Waals surface area contributed by atoms with E-state index < -0.39 is 25.7 Å². The van der Waals surface area contributed by atoms with Gasteiger partial charge in [0.1, 0.15) is 5.82 Å². The van der Waals surface area contributed by atoms with E-state index in [4.69, 9.17) is 0 Å². The predicted molar refractivity (Wildman–Crippen MR) is 115 cm³/mol. The number of benzene rings is 1. The van der Waals surface area contributed by atoms with Crippen molar-refractivity contribution in [3.63, 3.8) is 0 Å². The van der Waals surface area contributed by atoms with Crippen LogP contribution < -0.4 is 34.5 Å². The zero-order chi connectivity index (χ0) is 22.1. The van der Waals surface area contributed by atoms with Crippen molar-refractivity contribution in [3.8, 4) is 0 Å². The van der Waals surface area contributed by atoms with Crippen molar-refractivity contribution in [3.05, 3.63) is 60.0 Å². The van der Waals surface area contributed by atoms with Crippen molar-refractivity contribution in [1.82, 2.24) is 0 Å². The maximum Gasteiger partial charge on any atom is 1.00 e. The molecule has 0 spiro atoms. The molecular formula is C23H33FNaO5P. The minimum Gasteiger partial charge on any atom is -0.799 e. The van der Waals surface area contributed by atoms with Gasteiger partial charge in [-0.05, 0) is 62.5 Å². The summed E-state index contributed by atoms with van der Waals surface area (Å²) in [6.07, 6.45) is 8.18. The van der Waals surface area contributed by atoms with Gasteiger partial charge < -0.3 is 24.8 Å². The summed E-state index contributed by atoms with van der Waals surface area (Å²) in [5.74, 6) is -0.722. The molecule has 2 rings (SSSR count). The van der Waals surface area contributed by atoms with Crippen LogP contribution in [0, 0.1) is 17.7 Å². The van der Waals surface area contributed by atoms with E-state index in [0.717, 1.165) is 0 Å². The Bertz CT molecular complexity index is 766. The van der Waals surface area contributed by atoms with E-state index in [1.807, 2.05) is 12.2 Å². The minimum absolute atomic E-state index is 0. The van der Waals surface area contributed by atoms with Crippen molar-refractivity contribution in [1.29, 1.82) is 0 Å².